The molecule has 0 radical (unpaired) electrons. The maximum absolute atomic E-state index is 12.2. The topological polar surface area (TPSA) is 85.3 Å². The molecule has 0 aliphatic heterocycles. The van der Waals surface area contributed by atoms with Crippen LogP contribution in [0.25, 0.3) is 5.65 Å². The third kappa shape index (κ3) is 2.58. The van der Waals surface area contributed by atoms with Crippen molar-refractivity contribution in [3.63, 3.8) is 0 Å². The van der Waals surface area contributed by atoms with Crippen LogP contribution in [-0.2, 0) is 6.54 Å². The lowest BCUT2D eigenvalue weighted by Gasteiger charge is -2.21. The number of hydrogen-bond donors (Lipinski definition) is 1. The maximum Gasteiger partial charge on any atom is 0.273 e. The molecule has 1 aliphatic carbocycles. The highest BCUT2D eigenvalue weighted by Gasteiger charge is 2.25. The second-order valence-electron chi connectivity index (χ2n) is 5.93. The van der Waals surface area contributed by atoms with Crippen LogP contribution in [0.1, 0.15) is 52.9 Å². The Bertz CT molecular complexity index is 862. The molecule has 3 heterocycles. The van der Waals surface area contributed by atoms with Crippen LogP contribution in [0.3, 0.4) is 0 Å². The molecule has 1 saturated carbocycles. The van der Waals surface area contributed by atoms with Gasteiger partial charge >= 0.3 is 0 Å². The number of amides is 1. The average Bonchev–Trinajstić information content (AvgIpc) is 3.10. The summed E-state index contributed by atoms with van der Waals surface area (Å²) in [5, 5.41) is 11.0. The van der Waals surface area contributed by atoms with Gasteiger partial charge in [-0.05, 0) is 31.4 Å². The van der Waals surface area contributed by atoms with Gasteiger partial charge in [-0.1, -0.05) is 12.5 Å². The molecule has 0 spiro atoms. The lowest BCUT2D eigenvalue weighted by atomic mass is 9.85. The van der Waals surface area contributed by atoms with Crippen molar-refractivity contribution in [1.29, 1.82) is 0 Å². The Kier molecular flexibility index (Phi) is 3.33. The van der Waals surface area contributed by atoms with E-state index in [0.717, 1.165) is 24.1 Å². The van der Waals surface area contributed by atoms with Gasteiger partial charge in [0.05, 0.1) is 6.54 Å². The monoisotopic (exact) mass is 311 g/mol. The third-order valence-corrected chi connectivity index (χ3v) is 4.24. The SMILES string of the molecule is Cc1ccc2nnc(CNC(=O)c3coc(C4CCC4)n3)n2c1. The molecule has 1 fully saturated rings. The summed E-state index contributed by atoms with van der Waals surface area (Å²) >= 11 is 0. The summed E-state index contributed by atoms with van der Waals surface area (Å²) in [4.78, 5) is 16.5. The summed E-state index contributed by atoms with van der Waals surface area (Å²) in [6.07, 6.45) is 6.75. The van der Waals surface area contributed by atoms with Gasteiger partial charge in [0.25, 0.3) is 5.91 Å². The van der Waals surface area contributed by atoms with E-state index in [9.17, 15) is 4.79 Å². The Labute approximate surface area is 132 Å². The molecule has 3 aromatic rings. The molecule has 1 amide bonds. The number of nitrogens with one attached hydrogen (secondary N) is 1. The van der Waals surface area contributed by atoms with E-state index >= 15 is 0 Å². The molecule has 0 aromatic carbocycles. The zero-order valence-corrected chi connectivity index (χ0v) is 12.8. The van der Waals surface area contributed by atoms with Crippen LogP contribution in [0.5, 0.6) is 0 Å². The first-order chi connectivity index (χ1) is 11.2. The number of nitrogens with zero attached hydrogens (tertiary/aromatic N) is 4. The molecule has 23 heavy (non-hydrogen) atoms. The van der Waals surface area contributed by atoms with Crippen LogP contribution in [0.2, 0.25) is 0 Å². The van der Waals surface area contributed by atoms with E-state index < -0.39 is 0 Å². The molecule has 4 rings (SSSR count). The van der Waals surface area contributed by atoms with Crippen LogP contribution in [0.4, 0.5) is 0 Å². The van der Waals surface area contributed by atoms with E-state index in [0.29, 0.717) is 23.3 Å². The minimum Gasteiger partial charge on any atom is -0.448 e. The Morgan fingerprint density at radius 2 is 2.26 bits per heavy atom. The molecule has 1 N–H and O–H groups in total. The minimum atomic E-state index is -0.260. The van der Waals surface area contributed by atoms with Gasteiger partial charge in [-0.3, -0.25) is 9.20 Å². The van der Waals surface area contributed by atoms with Gasteiger partial charge in [-0.2, -0.15) is 0 Å². The predicted molar refractivity (Wildman–Crippen MR) is 82.0 cm³/mol. The van der Waals surface area contributed by atoms with Crippen molar-refractivity contribution in [2.75, 3.05) is 0 Å². The van der Waals surface area contributed by atoms with Crippen LogP contribution in [-0.4, -0.2) is 25.5 Å². The number of oxazole rings is 1. The van der Waals surface area contributed by atoms with Gasteiger partial charge in [0.2, 0.25) is 0 Å². The van der Waals surface area contributed by atoms with Crippen molar-refractivity contribution in [2.24, 2.45) is 0 Å². The first kappa shape index (κ1) is 13.9. The van der Waals surface area contributed by atoms with Crippen LogP contribution >= 0.6 is 0 Å². The van der Waals surface area contributed by atoms with Gasteiger partial charge < -0.3 is 9.73 Å². The molecule has 0 atom stereocenters. The smallest absolute Gasteiger partial charge is 0.273 e. The van der Waals surface area contributed by atoms with Crippen LogP contribution in [0, 0.1) is 6.92 Å². The van der Waals surface area contributed by atoms with Crippen LogP contribution in [0.15, 0.2) is 29.0 Å². The van der Waals surface area contributed by atoms with E-state index in [4.69, 9.17) is 4.42 Å². The van der Waals surface area contributed by atoms with Crippen molar-refractivity contribution in [2.45, 2.75) is 38.6 Å². The molecule has 7 nitrogen and oxygen atoms in total. The quantitative estimate of drug-likeness (QED) is 0.798. The number of rotatable bonds is 4. The van der Waals surface area contributed by atoms with Crippen molar-refractivity contribution in [1.82, 2.24) is 24.9 Å². The zero-order chi connectivity index (χ0) is 15.8. The Morgan fingerprint density at radius 3 is 3.04 bits per heavy atom. The fraction of sp³-hybridized carbons (Fsp3) is 0.375. The molecule has 0 bridgehead atoms. The minimum absolute atomic E-state index is 0.260. The lowest BCUT2D eigenvalue weighted by Crippen LogP contribution is -2.24. The van der Waals surface area contributed by atoms with Crippen molar-refractivity contribution in [3.05, 3.63) is 47.6 Å². The first-order valence-corrected chi connectivity index (χ1v) is 7.74. The van der Waals surface area contributed by atoms with Gasteiger partial charge in [0.1, 0.15) is 6.26 Å². The largest absolute Gasteiger partial charge is 0.448 e. The molecular formula is C16H17N5O2. The average molecular weight is 311 g/mol. The van der Waals surface area contributed by atoms with E-state index in [1.807, 2.05) is 29.7 Å². The van der Waals surface area contributed by atoms with Crippen molar-refractivity contribution >= 4 is 11.6 Å². The molecular weight excluding hydrogens is 294 g/mol. The van der Waals surface area contributed by atoms with Crippen molar-refractivity contribution in [3.8, 4) is 0 Å². The summed E-state index contributed by atoms with van der Waals surface area (Å²) in [5.41, 5.74) is 2.18. The van der Waals surface area contributed by atoms with E-state index in [1.165, 1.54) is 12.7 Å². The van der Waals surface area contributed by atoms with E-state index in [-0.39, 0.29) is 12.5 Å². The van der Waals surface area contributed by atoms with Crippen molar-refractivity contribution < 1.29 is 9.21 Å². The van der Waals surface area contributed by atoms with Crippen LogP contribution < -0.4 is 5.32 Å². The first-order valence-electron chi connectivity index (χ1n) is 7.74. The van der Waals surface area contributed by atoms with Gasteiger partial charge in [-0.25, -0.2) is 4.98 Å². The van der Waals surface area contributed by atoms with Gasteiger partial charge in [0.15, 0.2) is 23.1 Å². The Balaban J connectivity index is 1.46. The number of fused-ring (bicyclic) bond motifs is 1. The summed E-state index contributed by atoms with van der Waals surface area (Å²) < 4.78 is 7.28. The highest BCUT2D eigenvalue weighted by Crippen LogP contribution is 2.35. The van der Waals surface area contributed by atoms with E-state index in [1.54, 1.807) is 0 Å². The standard InChI is InChI=1S/C16H17N5O2/c1-10-5-6-13-19-20-14(21(13)8-10)7-17-15(22)12-9-23-16(18-12)11-3-2-4-11/h5-6,8-9,11H,2-4,7H2,1H3,(H,17,22). The molecule has 1 aliphatic rings. The summed E-state index contributed by atoms with van der Waals surface area (Å²) in [6, 6.07) is 3.87. The Hall–Kier alpha value is -2.70. The summed E-state index contributed by atoms with van der Waals surface area (Å²) in [5.74, 6) is 1.47. The number of carbonyl (C=O) groups is 1. The number of aryl methyl sites for hydroxylation is 1. The van der Waals surface area contributed by atoms with E-state index in [2.05, 4.69) is 20.5 Å². The summed E-state index contributed by atoms with van der Waals surface area (Å²) in [6.45, 7) is 2.29. The number of hydrogen-bond acceptors (Lipinski definition) is 5. The predicted octanol–water partition coefficient (Wildman–Crippen LogP) is 2.22. The number of aromatic nitrogens is 4. The normalized spacial score (nSPS) is 14.8. The zero-order valence-electron chi connectivity index (χ0n) is 12.8. The summed E-state index contributed by atoms with van der Waals surface area (Å²) in [7, 11) is 0. The highest BCUT2D eigenvalue weighted by atomic mass is 16.3. The second kappa shape index (κ2) is 5.49. The molecule has 3 aromatic heterocycles. The second-order valence-corrected chi connectivity index (χ2v) is 5.93. The maximum atomic E-state index is 12.2. The fourth-order valence-electron chi connectivity index (χ4n) is 2.65. The lowest BCUT2D eigenvalue weighted by molar-refractivity contribution is 0.0944. The number of pyridine rings is 1. The van der Waals surface area contributed by atoms with Gasteiger partial charge in [-0.15, -0.1) is 10.2 Å². The molecule has 118 valence electrons. The third-order valence-electron chi connectivity index (χ3n) is 4.24. The highest BCUT2D eigenvalue weighted by molar-refractivity contribution is 5.91. The van der Waals surface area contributed by atoms with Gasteiger partial charge in [0, 0.05) is 12.1 Å². The Morgan fingerprint density at radius 1 is 1.39 bits per heavy atom. The molecule has 7 heteroatoms. The molecule has 0 unspecified atom stereocenters. The number of carbonyl (C=O) groups excluding carboxylic acids is 1. The fourth-order valence-corrected chi connectivity index (χ4v) is 2.65. The molecule has 0 saturated heterocycles.